The first-order valence-corrected chi connectivity index (χ1v) is 12.5. The molecule has 0 bridgehead atoms. The van der Waals surface area contributed by atoms with Crippen LogP contribution in [0, 0.1) is 0 Å². The van der Waals surface area contributed by atoms with E-state index in [0.29, 0.717) is 17.6 Å². The number of para-hydroxylation sites is 1. The number of nitrogens with one attached hydrogen (secondary N) is 1. The number of fused-ring (bicyclic) bond motifs is 2. The topological polar surface area (TPSA) is 62.6 Å². The SMILES string of the molecule is CC(=O)N1CCc2cc(NC(=O)c3oc4ccccc4c3CSC3CCCCC3)ccc21. The Morgan fingerprint density at radius 1 is 1.12 bits per heavy atom. The van der Waals surface area contributed by atoms with Crippen molar-refractivity contribution >= 4 is 45.9 Å². The lowest BCUT2D eigenvalue weighted by atomic mass is 10.0. The molecule has 2 aliphatic rings. The summed E-state index contributed by atoms with van der Waals surface area (Å²) in [6.45, 7) is 2.27. The van der Waals surface area contributed by atoms with E-state index in [2.05, 4.69) is 5.32 Å². The lowest BCUT2D eigenvalue weighted by molar-refractivity contribution is -0.116. The van der Waals surface area contributed by atoms with Crippen molar-refractivity contribution in [3.05, 3.63) is 59.4 Å². The minimum atomic E-state index is -0.221. The van der Waals surface area contributed by atoms with Gasteiger partial charge in [-0.25, -0.2) is 0 Å². The highest BCUT2D eigenvalue weighted by atomic mass is 32.2. The fraction of sp³-hybridized carbons (Fsp3) is 0.385. The lowest BCUT2D eigenvalue weighted by Gasteiger charge is -2.20. The van der Waals surface area contributed by atoms with Gasteiger partial charge in [0, 0.05) is 46.8 Å². The Hall–Kier alpha value is -2.73. The molecule has 166 valence electrons. The van der Waals surface area contributed by atoms with Crippen LogP contribution in [0.3, 0.4) is 0 Å². The van der Waals surface area contributed by atoms with E-state index in [1.807, 2.05) is 54.2 Å². The number of hydrogen-bond acceptors (Lipinski definition) is 4. The molecule has 5 nitrogen and oxygen atoms in total. The molecular weight excluding hydrogens is 420 g/mol. The van der Waals surface area contributed by atoms with Crippen LogP contribution in [0.15, 0.2) is 46.9 Å². The van der Waals surface area contributed by atoms with Crippen LogP contribution < -0.4 is 10.2 Å². The molecule has 0 atom stereocenters. The van der Waals surface area contributed by atoms with E-state index in [1.165, 1.54) is 32.1 Å². The van der Waals surface area contributed by atoms with E-state index >= 15 is 0 Å². The van der Waals surface area contributed by atoms with E-state index in [1.54, 1.807) is 11.8 Å². The van der Waals surface area contributed by atoms with Gasteiger partial charge in [-0.2, -0.15) is 11.8 Å². The zero-order chi connectivity index (χ0) is 22.1. The van der Waals surface area contributed by atoms with Crippen LogP contribution >= 0.6 is 11.8 Å². The van der Waals surface area contributed by atoms with Gasteiger partial charge < -0.3 is 14.6 Å². The summed E-state index contributed by atoms with van der Waals surface area (Å²) in [7, 11) is 0. The molecule has 3 aromatic rings. The molecule has 2 aromatic carbocycles. The Kier molecular flexibility index (Phi) is 5.96. The summed E-state index contributed by atoms with van der Waals surface area (Å²) in [5.41, 5.74) is 4.48. The quantitative estimate of drug-likeness (QED) is 0.508. The average Bonchev–Trinajstić information content (AvgIpc) is 3.40. The van der Waals surface area contributed by atoms with Gasteiger partial charge in [0.2, 0.25) is 5.91 Å². The van der Waals surface area contributed by atoms with Crippen LogP contribution in [0.2, 0.25) is 0 Å². The van der Waals surface area contributed by atoms with Crippen molar-refractivity contribution in [2.45, 2.75) is 56.5 Å². The Morgan fingerprint density at radius 2 is 1.94 bits per heavy atom. The molecule has 2 amide bonds. The zero-order valence-corrected chi connectivity index (χ0v) is 19.2. The van der Waals surface area contributed by atoms with E-state index in [9.17, 15) is 9.59 Å². The molecule has 32 heavy (non-hydrogen) atoms. The third-order valence-corrected chi connectivity index (χ3v) is 7.93. The minimum absolute atomic E-state index is 0.0444. The van der Waals surface area contributed by atoms with Gasteiger partial charge in [-0.15, -0.1) is 0 Å². The summed E-state index contributed by atoms with van der Waals surface area (Å²) in [5.74, 6) is 1.01. The third kappa shape index (κ3) is 4.16. The number of nitrogens with zero attached hydrogens (tertiary/aromatic N) is 1. The van der Waals surface area contributed by atoms with Gasteiger partial charge >= 0.3 is 0 Å². The molecule has 1 fully saturated rings. The second-order valence-corrected chi connectivity index (χ2v) is 9.98. The first-order valence-electron chi connectivity index (χ1n) is 11.4. The Bertz CT molecular complexity index is 1160. The molecule has 1 aliphatic carbocycles. The molecule has 0 spiro atoms. The molecule has 0 saturated heterocycles. The van der Waals surface area contributed by atoms with Gasteiger partial charge in [0.05, 0.1) is 0 Å². The van der Waals surface area contributed by atoms with Crippen LogP contribution in [0.1, 0.15) is 60.7 Å². The molecule has 2 heterocycles. The third-order valence-electron chi connectivity index (χ3n) is 6.53. The predicted molar refractivity (Wildman–Crippen MR) is 131 cm³/mol. The minimum Gasteiger partial charge on any atom is -0.451 e. The first kappa shape index (κ1) is 21.1. The molecule has 1 saturated carbocycles. The van der Waals surface area contributed by atoms with Crippen LogP contribution in [0.5, 0.6) is 0 Å². The smallest absolute Gasteiger partial charge is 0.291 e. The van der Waals surface area contributed by atoms with Gasteiger partial charge in [-0.05, 0) is 49.1 Å². The summed E-state index contributed by atoms with van der Waals surface area (Å²) >= 11 is 1.95. The van der Waals surface area contributed by atoms with Gasteiger partial charge in [0.25, 0.3) is 5.91 Å². The van der Waals surface area contributed by atoms with Gasteiger partial charge in [0.1, 0.15) is 5.58 Å². The summed E-state index contributed by atoms with van der Waals surface area (Å²) in [5, 5.41) is 4.71. The maximum absolute atomic E-state index is 13.2. The van der Waals surface area contributed by atoms with Crippen LogP contribution in [0.4, 0.5) is 11.4 Å². The van der Waals surface area contributed by atoms with Crippen LogP contribution in [-0.2, 0) is 17.0 Å². The maximum Gasteiger partial charge on any atom is 0.291 e. The monoisotopic (exact) mass is 448 g/mol. The molecule has 1 aromatic heterocycles. The Morgan fingerprint density at radius 3 is 2.75 bits per heavy atom. The highest BCUT2D eigenvalue weighted by molar-refractivity contribution is 7.99. The number of carbonyl (C=O) groups is 2. The number of benzene rings is 2. The number of carbonyl (C=O) groups excluding carboxylic acids is 2. The van der Waals surface area contributed by atoms with E-state index in [0.717, 1.165) is 45.6 Å². The van der Waals surface area contributed by atoms with Gasteiger partial charge in [-0.1, -0.05) is 37.5 Å². The Balaban J connectivity index is 1.38. The molecule has 0 unspecified atom stereocenters. The van der Waals surface area contributed by atoms with Crippen molar-refractivity contribution in [2.75, 3.05) is 16.8 Å². The van der Waals surface area contributed by atoms with Gasteiger partial charge in [-0.3, -0.25) is 9.59 Å². The average molecular weight is 449 g/mol. The predicted octanol–water partition coefficient (Wildman–Crippen LogP) is 6.16. The summed E-state index contributed by atoms with van der Waals surface area (Å²) < 4.78 is 6.04. The van der Waals surface area contributed by atoms with Crippen molar-refractivity contribution in [2.24, 2.45) is 0 Å². The van der Waals surface area contributed by atoms with Crippen molar-refractivity contribution < 1.29 is 14.0 Å². The highest BCUT2D eigenvalue weighted by Gasteiger charge is 2.25. The number of anilines is 2. The largest absolute Gasteiger partial charge is 0.451 e. The Labute approximate surface area is 192 Å². The van der Waals surface area contributed by atoms with E-state index in [-0.39, 0.29) is 11.8 Å². The van der Waals surface area contributed by atoms with Crippen molar-refractivity contribution in [3.63, 3.8) is 0 Å². The molecule has 6 heteroatoms. The summed E-state index contributed by atoms with van der Waals surface area (Å²) in [6, 6.07) is 13.6. The molecule has 1 aliphatic heterocycles. The number of hydrogen-bond donors (Lipinski definition) is 1. The molecule has 1 N–H and O–H groups in total. The van der Waals surface area contributed by atoms with Crippen LogP contribution in [-0.4, -0.2) is 23.6 Å². The second kappa shape index (κ2) is 9.02. The molecule has 0 radical (unpaired) electrons. The summed E-state index contributed by atoms with van der Waals surface area (Å²) in [4.78, 5) is 26.8. The van der Waals surface area contributed by atoms with Crippen molar-refractivity contribution in [1.29, 1.82) is 0 Å². The van der Waals surface area contributed by atoms with Crippen molar-refractivity contribution in [3.8, 4) is 0 Å². The maximum atomic E-state index is 13.2. The van der Waals surface area contributed by atoms with Gasteiger partial charge in [0.15, 0.2) is 5.76 Å². The standard InChI is InChI=1S/C26H28N2O3S/c1-17(29)28-14-13-18-15-19(11-12-23(18)28)27-26(30)25-22(16-32-20-7-3-2-4-8-20)21-9-5-6-10-24(21)31-25/h5-6,9-12,15,20H,2-4,7-8,13-14,16H2,1H3,(H,27,30). The fourth-order valence-electron chi connectivity index (χ4n) is 4.85. The number of rotatable bonds is 5. The molecule has 5 rings (SSSR count). The normalized spacial score (nSPS) is 16.3. The highest BCUT2D eigenvalue weighted by Crippen LogP contribution is 2.36. The first-order chi connectivity index (χ1) is 15.6. The van der Waals surface area contributed by atoms with E-state index in [4.69, 9.17) is 4.42 Å². The van der Waals surface area contributed by atoms with Crippen LogP contribution in [0.25, 0.3) is 11.0 Å². The number of thioether (sulfide) groups is 1. The van der Waals surface area contributed by atoms with Crippen molar-refractivity contribution in [1.82, 2.24) is 0 Å². The molecular formula is C26H28N2O3S. The summed E-state index contributed by atoms with van der Waals surface area (Å²) in [6.07, 6.45) is 7.26. The number of amides is 2. The zero-order valence-electron chi connectivity index (χ0n) is 18.4. The number of furan rings is 1. The van der Waals surface area contributed by atoms with E-state index < -0.39 is 0 Å². The lowest BCUT2D eigenvalue weighted by Crippen LogP contribution is -2.25. The second-order valence-electron chi connectivity index (χ2n) is 8.70. The fourth-order valence-corrected chi connectivity index (χ4v) is 6.21.